The topological polar surface area (TPSA) is 72.9 Å². The molecule has 1 atom stereocenters. The molecule has 0 bridgehead atoms. The van der Waals surface area contributed by atoms with Gasteiger partial charge < -0.3 is 11.1 Å². The molecule has 0 fully saturated rings. The van der Waals surface area contributed by atoms with Crippen LogP contribution in [0.2, 0.25) is 5.02 Å². The van der Waals surface area contributed by atoms with Crippen molar-refractivity contribution in [2.24, 2.45) is 0 Å². The SMILES string of the molecule is CC(C(=O)NC(C)(C)C)n1c(N)nc2cc(Cl)ccc21. The van der Waals surface area contributed by atoms with E-state index in [2.05, 4.69) is 10.3 Å². The fourth-order valence-corrected chi connectivity index (χ4v) is 2.26. The summed E-state index contributed by atoms with van der Waals surface area (Å²) >= 11 is 5.94. The molecule has 1 aromatic heterocycles. The Morgan fingerprint density at radius 1 is 1.45 bits per heavy atom. The largest absolute Gasteiger partial charge is 0.369 e. The summed E-state index contributed by atoms with van der Waals surface area (Å²) in [5, 5.41) is 3.53. The first-order valence-electron chi connectivity index (χ1n) is 6.44. The molecule has 6 heteroatoms. The highest BCUT2D eigenvalue weighted by molar-refractivity contribution is 6.31. The van der Waals surface area contributed by atoms with Crippen LogP contribution < -0.4 is 11.1 Å². The summed E-state index contributed by atoms with van der Waals surface area (Å²) in [7, 11) is 0. The minimum Gasteiger partial charge on any atom is -0.369 e. The number of nitrogen functional groups attached to an aromatic ring is 1. The number of anilines is 1. The highest BCUT2D eigenvalue weighted by Gasteiger charge is 2.23. The van der Waals surface area contributed by atoms with E-state index >= 15 is 0 Å². The molecule has 1 unspecified atom stereocenters. The summed E-state index contributed by atoms with van der Waals surface area (Å²) in [4.78, 5) is 16.5. The second kappa shape index (κ2) is 4.98. The first-order chi connectivity index (χ1) is 9.19. The normalized spacial score (nSPS) is 13.4. The number of amides is 1. The smallest absolute Gasteiger partial charge is 0.243 e. The van der Waals surface area contributed by atoms with Crippen molar-refractivity contribution in [1.82, 2.24) is 14.9 Å². The van der Waals surface area contributed by atoms with Gasteiger partial charge in [-0.3, -0.25) is 9.36 Å². The van der Waals surface area contributed by atoms with Crippen LogP contribution in [-0.2, 0) is 4.79 Å². The number of aromatic nitrogens is 2. The molecule has 0 aliphatic carbocycles. The number of carbonyl (C=O) groups is 1. The number of hydrogen-bond acceptors (Lipinski definition) is 3. The van der Waals surface area contributed by atoms with Crippen LogP contribution >= 0.6 is 11.6 Å². The lowest BCUT2D eigenvalue weighted by molar-refractivity contribution is -0.125. The van der Waals surface area contributed by atoms with Crippen LogP contribution in [0.1, 0.15) is 33.7 Å². The van der Waals surface area contributed by atoms with E-state index in [1.807, 2.05) is 26.8 Å². The molecule has 0 radical (unpaired) electrons. The van der Waals surface area contributed by atoms with E-state index in [9.17, 15) is 4.79 Å². The first kappa shape index (κ1) is 14.7. The van der Waals surface area contributed by atoms with Crippen LogP contribution in [0.5, 0.6) is 0 Å². The van der Waals surface area contributed by atoms with Crippen molar-refractivity contribution in [3.63, 3.8) is 0 Å². The Labute approximate surface area is 123 Å². The Morgan fingerprint density at radius 2 is 2.10 bits per heavy atom. The molecule has 0 aliphatic heterocycles. The third-order valence-corrected chi connectivity index (χ3v) is 3.18. The van der Waals surface area contributed by atoms with Crippen molar-refractivity contribution in [3.8, 4) is 0 Å². The van der Waals surface area contributed by atoms with Crippen molar-refractivity contribution < 1.29 is 4.79 Å². The Bertz CT molecular complexity index is 657. The van der Waals surface area contributed by atoms with E-state index in [-0.39, 0.29) is 11.4 Å². The number of nitrogens with two attached hydrogens (primary N) is 1. The van der Waals surface area contributed by atoms with Gasteiger partial charge in [-0.2, -0.15) is 0 Å². The second-order valence-corrected chi connectivity index (χ2v) is 6.32. The average molecular weight is 295 g/mol. The van der Waals surface area contributed by atoms with Crippen molar-refractivity contribution in [2.45, 2.75) is 39.3 Å². The molecule has 2 rings (SSSR count). The number of hydrogen-bond donors (Lipinski definition) is 2. The third-order valence-electron chi connectivity index (χ3n) is 2.94. The van der Waals surface area contributed by atoms with E-state index in [4.69, 9.17) is 17.3 Å². The first-order valence-corrected chi connectivity index (χ1v) is 6.82. The van der Waals surface area contributed by atoms with Crippen LogP contribution in [0.25, 0.3) is 11.0 Å². The summed E-state index contributed by atoms with van der Waals surface area (Å²) in [5.41, 5.74) is 7.12. The standard InChI is InChI=1S/C14H19ClN4O/c1-8(12(20)18-14(2,3)4)19-11-6-5-9(15)7-10(11)17-13(19)16/h5-8H,1-4H3,(H2,16,17)(H,18,20). The molecule has 2 aromatic rings. The van der Waals surface area contributed by atoms with Crippen molar-refractivity contribution in [1.29, 1.82) is 0 Å². The minimum atomic E-state index is -0.444. The van der Waals surface area contributed by atoms with Crippen LogP contribution in [0, 0.1) is 0 Å². The lowest BCUT2D eigenvalue weighted by Crippen LogP contribution is -2.43. The summed E-state index contributed by atoms with van der Waals surface area (Å²) in [6.45, 7) is 7.61. The zero-order chi connectivity index (χ0) is 15.1. The summed E-state index contributed by atoms with van der Waals surface area (Å²) < 4.78 is 1.72. The number of benzene rings is 1. The number of halogens is 1. The molecule has 1 amide bonds. The maximum atomic E-state index is 12.3. The van der Waals surface area contributed by atoms with E-state index in [0.29, 0.717) is 16.5 Å². The van der Waals surface area contributed by atoms with Crippen molar-refractivity contribution in [2.75, 3.05) is 5.73 Å². The number of carbonyl (C=O) groups excluding carboxylic acids is 1. The van der Waals surface area contributed by atoms with Gasteiger partial charge in [0.25, 0.3) is 0 Å². The Hall–Kier alpha value is -1.75. The van der Waals surface area contributed by atoms with Gasteiger partial charge in [-0.1, -0.05) is 11.6 Å². The van der Waals surface area contributed by atoms with Gasteiger partial charge in [0.1, 0.15) is 6.04 Å². The van der Waals surface area contributed by atoms with Gasteiger partial charge in [-0.15, -0.1) is 0 Å². The summed E-state index contributed by atoms with van der Waals surface area (Å²) in [6, 6.07) is 4.87. The Balaban J connectivity index is 2.42. The van der Waals surface area contributed by atoms with Gasteiger partial charge in [0.15, 0.2) is 0 Å². The zero-order valence-electron chi connectivity index (χ0n) is 12.1. The molecule has 108 valence electrons. The summed E-state index contributed by atoms with van der Waals surface area (Å²) in [6.07, 6.45) is 0. The molecule has 0 aliphatic rings. The molecule has 0 spiro atoms. The number of nitrogens with one attached hydrogen (secondary N) is 1. The molecule has 0 saturated carbocycles. The Kier molecular flexibility index (Phi) is 3.65. The predicted molar refractivity (Wildman–Crippen MR) is 81.8 cm³/mol. The van der Waals surface area contributed by atoms with Crippen molar-refractivity contribution in [3.05, 3.63) is 23.2 Å². The van der Waals surface area contributed by atoms with E-state index in [1.54, 1.807) is 23.6 Å². The van der Waals surface area contributed by atoms with Gasteiger partial charge in [0, 0.05) is 10.6 Å². The molecule has 0 saturated heterocycles. The predicted octanol–water partition coefficient (Wildman–Crippen LogP) is 2.75. The molecule has 1 heterocycles. The van der Waals surface area contributed by atoms with Gasteiger partial charge in [0.2, 0.25) is 11.9 Å². The van der Waals surface area contributed by atoms with Crippen molar-refractivity contribution >= 4 is 34.5 Å². The van der Waals surface area contributed by atoms with E-state index in [1.165, 1.54) is 0 Å². The second-order valence-electron chi connectivity index (χ2n) is 5.89. The molecule has 1 aromatic carbocycles. The number of rotatable bonds is 2. The maximum Gasteiger partial charge on any atom is 0.243 e. The minimum absolute atomic E-state index is 0.0987. The van der Waals surface area contributed by atoms with E-state index < -0.39 is 6.04 Å². The van der Waals surface area contributed by atoms with Crippen LogP contribution in [-0.4, -0.2) is 21.0 Å². The average Bonchev–Trinajstić information content (AvgIpc) is 2.60. The number of fused-ring (bicyclic) bond motifs is 1. The van der Waals surface area contributed by atoms with Gasteiger partial charge in [-0.05, 0) is 45.9 Å². The Morgan fingerprint density at radius 3 is 2.70 bits per heavy atom. The maximum absolute atomic E-state index is 12.3. The van der Waals surface area contributed by atoms with E-state index in [0.717, 1.165) is 5.52 Å². The zero-order valence-corrected chi connectivity index (χ0v) is 12.8. The van der Waals surface area contributed by atoms with Crippen LogP contribution in [0.15, 0.2) is 18.2 Å². The fourth-order valence-electron chi connectivity index (χ4n) is 2.09. The molecule has 5 nitrogen and oxygen atoms in total. The van der Waals surface area contributed by atoms with Crippen LogP contribution in [0.3, 0.4) is 0 Å². The molecular weight excluding hydrogens is 276 g/mol. The highest BCUT2D eigenvalue weighted by atomic mass is 35.5. The lowest BCUT2D eigenvalue weighted by atomic mass is 10.1. The van der Waals surface area contributed by atoms with Gasteiger partial charge in [-0.25, -0.2) is 4.98 Å². The van der Waals surface area contributed by atoms with Gasteiger partial charge >= 0.3 is 0 Å². The van der Waals surface area contributed by atoms with Crippen LogP contribution in [0.4, 0.5) is 5.95 Å². The third kappa shape index (κ3) is 2.88. The lowest BCUT2D eigenvalue weighted by Gasteiger charge is -2.24. The highest BCUT2D eigenvalue weighted by Crippen LogP contribution is 2.25. The molecule has 20 heavy (non-hydrogen) atoms. The summed E-state index contributed by atoms with van der Waals surface area (Å²) in [5.74, 6) is 0.206. The monoisotopic (exact) mass is 294 g/mol. The molecular formula is C14H19ClN4O. The van der Waals surface area contributed by atoms with Gasteiger partial charge in [0.05, 0.1) is 11.0 Å². The number of nitrogens with zero attached hydrogens (tertiary/aromatic N) is 2. The molecule has 3 N–H and O–H groups in total. The fraction of sp³-hybridized carbons (Fsp3) is 0.429. The number of imidazole rings is 1. The quantitative estimate of drug-likeness (QED) is 0.894.